The molecule has 0 aromatic heterocycles. The van der Waals surface area contributed by atoms with Gasteiger partial charge in [0.25, 0.3) is 0 Å². The summed E-state index contributed by atoms with van der Waals surface area (Å²) in [5.41, 5.74) is -0.260. The van der Waals surface area contributed by atoms with E-state index in [1.54, 1.807) is 0 Å². The van der Waals surface area contributed by atoms with Gasteiger partial charge in [-0.15, -0.1) is 0 Å². The Morgan fingerprint density at radius 2 is 2.23 bits per heavy atom. The third-order valence-corrected chi connectivity index (χ3v) is 3.14. The van der Waals surface area contributed by atoms with Crippen molar-refractivity contribution in [2.75, 3.05) is 0 Å². The Labute approximate surface area is 80.7 Å². The number of ether oxygens (including phenoxy) is 1. The predicted molar refractivity (Wildman–Crippen MR) is 52.4 cm³/mol. The molecule has 2 nitrogen and oxygen atoms in total. The van der Waals surface area contributed by atoms with Crippen LogP contribution in [0.1, 0.15) is 47.0 Å². The number of carbonyl (C=O) groups is 1. The molecule has 2 unspecified atom stereocenters. The minimum Gasteiger partial charge on any atom is -0.462 e. The second kappa shape index (κ2) is 3.69. The Hall–Kier alpha value is -0.530. The van der Waals surface area contributed by atoms with E-state index in [0.29, 0.717) is 5.92 Å². The molecule has 2 heteroatoms. The third kappa shape index (κ3) is 2.23. The van der Waals surface area contributed by atoms with Crippen molar-refractivity contribution in [2.24, 2.45) is 11.3 Å². The van der Waals surface area contributed by atoms with Crippen LogP contribution in [-0.2, 0) is 9.53 Å². The molecule has 1 rings (SSSR count). The molecule has 1 heterocycles. The molecular formula is C11H20O2. The van der Waals surface area contributed by atoms with Crippen LogP contribution in [0, 0.1) is 11.3 Å². The van der Waals surface area contributed by atoms with Gasteiger partial charge in [-0.25, -0.2) is 0 Å². The molecule has 1 aliphatic heterocycles. The minimum atomic E-state index is -0.260. The van der Waals surface area contributed by atoms with E-state index >= 15 is 0 Å². The van der Waals surface area contributed by atoms with E-state index < -0.39 is 0 Å². The number of rotatable bonds is 2. The smallest absolute Gasteiger partial charge is 0.311 e. The molecule has 0 N–H and O–H groups in total. The second-order valence-corrected chi connectivity index (χ2v) is 4.75. The number of hydrogen-bond donors (Lipinski definition) is 0. The summed E-state index contributed by atoms with van der Waals surface area (Å²) in [5.74, 6) is 0.476. The summed E-state index contributed by atoms with van der Waals surface area (Å²) >= 11 is 0. The summed E-state index contributed by atoms with van der Waals surface area (Å²) in [4.78, 5) is 11.5. The number of cyclic esters (lactones) is 1. The van der Waals surface area contributed by atoms with Crippen LogP contribution in [0.4, 0.5) is 0 Å². The van der Waals surface area contributed by atoms with Gasteiger partial charge in [0.15, 0.2) is 0 Å². The van der Waals surface area contributed by atoms with Crippen LogP contribution in [0.2, 0.25) is 0 Å². The van der Waals surface area contributed by atoms with Crippen LogP contribution in [0.15, 0.2) is 0 Å². The number of carbonyl (C=O) groups excluding carboxylic acids is 1. The van der Waals surface area contributed by atoms with Gasteiger partial charge in [-0.05, 0) is 32.6 Å². The van der Waals surface area contributed by atoms with Crippen LogP contribution < -0.4 is 0 Å². The molecule has 0 aliphatic carbocycles. The van der Waals surface area contributed by atoms with Gasteiger partial charge in [0.1, 0.15) is 6.10 Å². The number of esters is 1. The van der Waals surface area contributed by atoms with Crippen LogP contribution in [0.5, 0.6) is 0 Å². The van der Waals surface area contributed by atoms with E-state index in [9.17, 15) is 4.79 Å². The summed E-state index contributed by atoms with van der Waals surface area (Å²) in [7, 11) is 0. The maximum Gasteiger partial charge on any atom is 0.311 e. The predicted octanol–water partition coefficient (Wildman–Crippen LogP) is 2.76. The van der Waals surface area contributed by atoms with Gasteiger partial charge in [0.05, 0.1) is 5.41 Å². The lowest BCUT2D eigenvalue weighted by Gasteiger charge is -2.35. The van der Waals surface area contributed by atoms with Crippen molar-refractivity contribution in [3.63, 3.8) is 0 Å². The molecule has 2 atom stereocenters. The Morgan fingerprint density at radius 3 is 2.69 bits per heavy atom. The molecular weight excluding hydrogens is 164 g/mol. The van der Waals surface area contributed by atoms with Crippen molar-refractivity contribution in [2.45, 2.75) is 53.1 Å². The zero-order valence-electron chi connectivity index (χ0n) is 9.09. The van der Waals surface area contributed by atoms with Crippen molar-refractivity contribution in [1.82, 2.24) is 0 Å². The maximum atomic E-state index is 11.5. The van der Waals surface area contributed by atoms with Gasteiger partial charge in [-0.2, -0.15) is 0 Å². The molecule has 0 aromatic carbocycles. The monoisotopic (exact) mass is 184 g/mol. The van der Waals surface area contributed by atoms with Gasteiger partial charge < -0.3 is 4.74 Å². The number of hydrogen-bond acceptors (Lipinski definition) is 2. The first kappa shape index (κ1) is 10.6. The zero-order valence-corrected chi connectivity index (χ0v) is 9.09. The molecule has 1 aliphatic rings. The van der Waals surface area contributed by atoms with Crippen LogP contribution >= 0.6 is 0 Å². The summed E-state index contributed by atoms with van der Waals surface area (Å²) in [6.07, 6.45) is 3.22. The second-order valence-electron chi connectivity index (χ2n) is 4.75. The van der Waals surface area contributed by atoms with Crippen molar-refractivity contribution in [3.05, 3.63) is 0 Å². The van der Waals surface area contributed by atoms with E-state index in [1.165, 1.54) is 0 Å². The van der Waals surface area contributed by atoms with Gasteiger partial charge in [0, 0.05) is 0 Å². The highest BCUT2D eigenvalue weighted by atomic mass is 16.5. The summed E-state index contributed by atoms with van der Waals surface area (Å²) in [6.45, 7) is 8.21. The van der Waals surface area contributed by atoms with Gasteiger partial charge >= 0.3 is 5.97 Å². The molecule has 13 heavy (non-hydrogen) atoms. The van der Waals surface area contributed by atoms with Crippen LogP contribution in [0.3, 0.4) is 0 Å². The Kier molecular flexibility index (Phi) is 2.99. The molecule has 0 bridgehead atoms. The lowest BCUT2D eigenvalue weighted by molar-refractivity contribution is -0.171. The first-order valence-corrected chi connectivity index (χ1v) is 5.18. The van der Waals surface area contributed by atoms with Gasteiger partial charge in [-0.1, -0.05) is 20.3 Å². The summed E-state index contributed by atoms with van der Waals surface area (Å²) in [5, 5.41) is 0. The van der Waals surface area contributed by atoms with Crippen molar-refractivity contribution >= 4 is 5.97 Å². The quantitative estimate of drug-likeness (QED) is 0.617. The minimum absolute atomic E-state index is 0.0240. The highest BCUT2D eigenvalue weighted by molar-refractivity contribution is 5.76. The average molecular weight is 184 g/mol. The fourth-order valence-electron chi connectivity index (χ4n) is 1.62. The lowest BCUT2D eigenvalue weighted by Crippen LogP contribution is -2.39. The Bertz CT molecular complexity index is 196. The molecule has 0 saturated carbocycles. The molecule has 1 saturated heterocycles. The summed E-state index contributed by atoms with van der Waals surface area (Å²) < 4.78 is 5.42. The Morgan fingerprint density at radius 1 is 1.62 bits per heavy atom. The molecule has 0 amide bonds. The SMILES string of the molecule is CCC(C)C1CCC(C)(C)C(=O)O1. The fourth-order valence-corrected chi connectivity index (χ4v) is 1.62. The topological polar surface area (TPSA) is 26.3 Å². The fraction of sp³-hybridized carbons (Fsp3) is 0.909. The van der Waals surface area contributed by atoms with Gasteiger partial charge in [0.2, 0.25) is 0 Å². The summed E-state index contributed by atoms with van der Waals surface area (Å²) in [6, 6.07) is 0. The van der Waals surface area contributed by atoms with Crippen molar-refractivity contribution < 1.29 is 9.53 Å². The maximum absolute atomic E-state index is 11.5. The first-order chi connectivity index (χ1) is 5.97. The van der Waals surface area contributed by atoms with Crippen LogP contribution in [0.25, 0.3) is 0 Å². The van der Waals surface area contributed by atoms with E-state index in [1.807, 2.05) is 13.8 Å². The van der Waals surface area contributed by atoms with E-state index in [0.717, 1.165) is 19.3 Å². The van der Waals surface area contributed by atoms with E-state index in [-0.39, 0.29) is 17.5 Å². The zero-order chi connectivity index (χ0) is 10.1. The normalized spacial score (nSPS) is 29.5. The molecule has 0 radical (unpaired) electrons. The first-order valence-electron chi connectivity index (χ1n) is 5.18. The van der Waals surface area contributed by atoms with Crippen molar-refractivity contribution in [1.29, 1.82) is 0 Å². The van der Waals surface area contributed by atoms with Crippen LogP contribution in [-0.4, -0.2) is 12.1 Å². The molecule has 1 fully saturated rings. The third-order valence-electron chi connectivity index (χ3n) is 3.14. The molecule has 76 valence electrons. The van der Waals surface area contributed by atoms with E-state index in [4.69, 9.17) is 4.74 Å². The highest BCUT2D eigenvalue weighted by Crippen LogP contribution is 2.34. The molecule has 0 spiro atoms. The standard InChI is InChI=1S/C11H20O2/c1-5-8(2)9-6-7-11(3,4)10(12)13-9/h8-9H,5-7H2,1-4H3. The van der Waals surface area contributed by atoms with Gasteiger partial charge in [-0.3, -0.25) is 4.79 Å². The van der Waals surface area contributed by atoms with E-state index in [2.05, 4.69) is 13.8 Å². The lowest BCUT2D eigenvalue weighted by atomic mass is 9.82. The average Bonchev–Trinajstić information content (AvgIpc) is 2.08. The Balaban J connectivity index is 2.56. The largest absolute Gasteiger partial charge is 0.462 e. The van der Waals surface area contributed by atoms with Crippen molar-refractivity contribution in [3.8, 4) is 0 Å². The highest BCUT2D eigenvalue weighted by Gasteiger charge is 2.37. The molecule has 0 aromatic rings.